The van der Waals surface area contributed by atoms with Gasteiger partial charge in [0.15, 0.2) is 0 Å². The van der Waals surface area contributed by atoms with Crippen molar-refractivity contribution in [2.75, 3.05) is 0 Å². The molecule has 182 valence electrons. The van der Waals surface area contributed by atoms with E-state index in [1.54, 1.807) is 0 Å². The van der Waals surface area contributed by atoms with Crippen LogP contribution in [0.2, 0.25) is 0 Å². The Labute approximate surface area is 223 Å². The molecular weight excluding hydrogens is 476 g/mol. The number of nitrogens with zero attached hydrogens (tertiary/aromatic N) is 4. The largest absolute Gasteiger partial charge is 0.309 e. The highest BCUT2D eigenvalue weighted by Crippen LogP contribution is 2.37. The number of hydrogen-bond donors (Lipinski definition) is 0. The molecule has 0 fully saturated rings. The Bertz CT molecular complexity index is 2330. The topological polar surface area (TPSA) is 27.2 Å². The van der Waals surface area contributed by atoms with Crippen molar-refractivity contribution in [1.29, 1.82) is 0 Å². The van der Waals surface area contributed by atoms with Crippen molar-refractivity contribution < 1.29 is 0 Å². The molecule has 0 bridgehead atoms. The second-order valence-electron chi connectivity index (χ2n) is 10.1. The van der Waals surface area contributed by atoms with Crippen LogP contribution in [0.3, 0.4) is 0 Å². The summed E-state index contributed by atoms with van der Waals surface area (Å²) in [4.78, 5) is 5.09. The molecule has 0 N–H and O–H groups in total. The number of hydrogen-bond acceptors (Lipinski definition) is 1. The van der Waals surface area contributed by atoms with Gasteiger partial charge in [0.2, 0.25) is 0 Å². The van der Waals surface area contributed by atoms with E-state index < -0.39 is 0 Å². The second kappa shape index (κ2) is 7.59. The van der Waals surface area contributed by atoms with E-state index in [4.69, 9.17) is 4.98 Å². The predicted octanol–water partition coefficient (Wildman–Crippen LogP) is 8.68. The van der Waals surface area contributed by atoms with E-state index in [0.29, 0.717) is 0 Å². The first-order valence-corrected chi connectivity index (χ1v) is 13.2. The lowest BCUT2D eigenvalue weighted by Gasteiger charge is -2.12. The van der Waals surface area contributed by atoms with Gasteiger partial charge >= 0.3 is 0 Å². The molecule has 4 heterocycles. The van der Waals surface area contributed by atoms with Gasteiger partial charge in [0.25, 0.3) is 0 Å². The SMILES string of the molecule is c1ccc2c(c1)c1ccccc1n2-c1ccc(-n2c3ccccc3c3ccc4c(nc5ccccn54)c32)cc1. The lowest BCUT2D eigenvalue weighted by atomic mass is 10.1. The van der Waals surface area contributed by atoms with Crippen molar-refractivity contribution in [3.8, 4) is 11.4 Å². The van der Waals surface area contributed by atoms with Gasteiger partial charge in [0, 0.05) is 39.1 Å². The predicted molar refractivity (Wildman–Crippen MR) is 161 cm³/mol. The maximum atomic E-state index is 5.09. The monoisotopic (exact) mass is 498 g/mol. The van der Waals surface area contributed by atoms with Crippen LogP contribution in [0.15, 0.2) is 134 Å². The molecule has 0 amide bonds. The van der Waals surface area contributed by atoms with Gasteiger partial charge in [-0.3, -0.25) is 4.40 Å². The number of benzene rings is 5. The maximum Gasteiger partial charge on any atom is 0.137 e. The minimum atomic E-state index is 0.957. The molecule has 0 aliphatic rings. The lowest BCUT2D eigenvalue weighted by Crippen LogP contribution is -1.97. The maximum absolute atomic E-state index is 5.09. The summed E-state index contributed by atoms with van der Waals surface area (Å²) >= 11 is 0. The summed E-state index contributed by atoms with van der Waals surface area (Å²) in [6.07, 6.45) is 2.09. The average Bonchev–Trinajstić information content (AvgIpc) is 3.65. The van der Waals surface area contributed by atoms with Crippen LogP contribution in [0.4, 0.5) is 0 Å². The molecule has 9 aromatic rings. The highest BCUT2D eigenvalue weighted by molar-refractivity contribution is 6.17. The number of aromatic nitrogens is 4. The smallest absolute Gasteiger partial charge is 0.137 e. The first kappa shape index (κ1) is 20.7. The molecule has 0 aliphatic carbocycles. The fourth-order valence-electron chi connectivity index (χ4n) is 6.40. The summed E-state index contributed by atoms with van der Waals surface area (Å²) in [6.45, 7) is 0. The van der Waals surface area contributed by atoms with Gasteiger partial charge in [0.1, 0.15) is 11.2 Å². The van der Waals surface area contributed by atoms with Crippen LogP contribution in [-0.2, 0) is 0 Å². The van der Waals surface area contributed by atoms with E-state index >= 15 is 0 Å². The minimum Gasteiger partial charge on any atom is -0.309 e. The molecule has 5 aromatic carbocycles. The van der Waals surface area contributed by atoms with Gasteiger partial charge in [-0.25, -0.2) is 4.98 Å². The fourth-order valence-corrected chi connectivity index (χ4v) is 6.40. The van der Waals surface area contributed by atoms with Gasteiger partial charge in [-0.2, -0.15) is 0 Å². The summed E-state index contributed by atoms with van der Waals surface area (Å²) in [6, 6.07) is 45.5. The van der Waals surface area contributed by atoms with Crippen LogP contribution >= 0.6 is 0 Å². The van der Waals surface area contributed by atoms with Gasteiger partial charge in [-0.05, 0) is 66.7 Å². The lowest BCUT2D eigenvalue weighted by molar-refractivity contribution is 1.15. The zero-order valence-electron chi connectivity index (χ0n) is 21.0. The van der Waals surface area contributed by atoms with Crippen LogP contribution in [0.5, 0.6) is 0 Å². The number of rotatable bonds is 2. The molecule has 0 spiro atoms. The van der Waals surface area contributed by atoms with Gasteiger partial charge in [-0.1, -0.05) is 60.7 Å². The molecule has 0 saturated heterocycles. The van der Waals surface area contributed by atoms with Crippen molar-refractivity contribution in [1.82, 2.24) is 18.5 Å². The van der Waals surface area contributed by atoms with Crippen LogP contribution in [0.25, 0.3) is 71.7 Å². The zero-order valence-corrected chi connectivity index (χ0v) is 21.0. The molecule has 39 heavy (non-hydrogen) atoms. The molecule has 0 radical (unpaired) electrons. The number of para-hydroxylation sites is 3. The molecule has 9 rings (SSSR count). The molecule has 0 unspecified atom stereocenters. The van der Waals surface area contributed by atoms with E-state index in [0.717, 1.165) is 33.6 Å². The van der Waals surface area contributed by atoms with Crippen LogP contribution in [0, 0.1) is 0 Å². The minimum absolute atomic E-state index is 0.957. The van der Waals surface area contributed by atoms with Crippen molar-refractivity contribution in [3.63, 3.8) is 0 Å². The Balaban J connectivity index is 1.33. The highest BCUT2D eigenvalue weighted by atomic mass is 15.0. The standard InChI is InChI=1S/C35H22N4/c1-4-12-29-25(9-1)26-10-2-5-13-30(26)38(29)23-16-18-24(19-17-23)39-31-14-6-3-11-27(31)28-20-21-32-34(35(28)39)36-33-15-7-8-22-37(32)33/h1-22H. The third-order valence-electron chi connectivity index (χ3n) is 8.06. The Morgan fingerprint density at radius 3 is 1.62 bits per heavy atom. The summed E-state index contributed by atoms with van der Waals surface area (Å²) in [5, 5.41) is 4.99. The van der Waals surface area contributed by atoms with Crippen LogP contribution < -0.4 is 0 Å². The van der Waals surface area contributed by atoms with Crippen molar-refractivity contribution in [2.24, 2.45) is 0 Å². The molecule has 0 aliphatic heterocycles. The zero-order chi connectivity index (χ0) is 25.5. The summed E-state index contributed by atoms with van der Waals surface area (Å²) in [7, 11) is 0. The molecule has 4 nitrogen and oxygen atoms in total. The summed E-state index contributed by atoms with van der Waals surface area (Å²) in [5.74, 6) is 0. The first-order valence-electron chi connectivity index (χ1n) is 13.2. The number of imidazole rings is 1. The van der Waals surface area contributed by atoms with E-state index in [9.17, 15) is 0 Å². The van der Waals surface area contributed by atoms with Gasteiger partial charge in [0.05, 0.1) is 27.6 Å². The highest BCUT2D eigenvalue weighted by Gasteiger charge is 2.18. The molecule has 4 aromatic heterocycles. The average molecular weight is 499 g/mol. The summed E-state index contributed by atoms with van der Waals surface area (Å²) in [5.41, 5.74) is 10.1. The fraction of sp³-hybridized carbons (Fsp3) is 0. The number of fused-ring (bicyclic) bond motifs is 10. The normalized spacial score (nSPS) is 12.1. The quantitative estimate of drug-likeness (QED) is 0.234. The van der Waals surface area contributed by atoms with E-state index in [-0.39, 0.29) is 0 Å². The Kier molecular flexibility index (Phi) is 4.02. The van der Waals surface area contributed by atoms with E-state index in [2.05, 4.69) is 141 Å². The third kappa shape index (κ3) is 2.75. The Morgan fingerprint density at radius 2 is 0.949 bits per heavy atom. The number of pyridine rings is 1. The Hall–Kier alpha value is -5.35. The van der Waals surface area contributed by atoms with Crippen molar-refractivity contribution >= 4 is 60.3 Å². The second-order valence-corrected chi connectivity index (χ2v) is 10.1. The van der Waals surface area contributed by atoms with E-state index in [1.165, 1.54) is 38.1 Å². The van der Waals surface area contributed by atoms with Crippen molar-refractivity contribution in [3.05, 3.63) is 134 Å². The van der Waals surface area contributed by atoms with Crippen LogP contribution in [-0.4, -0.2) is 18.5 Å². The Morgan fingerprint density at radius 1 is 0.410 bits per heavy atom. The third-order valence-corrected chi connectivity index (χ3v) is 8.06. The summed E-state index contributed by atoms with van der Waals surface area (Å²) < 4.78 is 6.90. The van der Waals surface area contributed by atoms with Crippen LogP contribution in [0.1, 0.15) is 0 Å². The molecular formula is C35H22N4. The molecule has 0 saturated carbocycles. The van der Waals surface area contributed by atoms with Gasteiger partial charge in [-0.15, -0.1) is 0 Å². The molecule has 0 atom stereocenters. The molecule has 4 heteroatoms. The van der Waals surface area contributed by atoms with Gasteiger partial charge < -0.3 is 9.13 Å². The van der Waals surface area contributed by atoms with Crippen molar-refractivity contribution in [2.45, 2.75) is 0 Å². The van der Waals surface area contributed by atoms with E-state index in [1.807, 2.05) is 6.07 Å². The first-order chi connectivity index (χ1) is 19.4.